The molecule has 0 bridgehead atoms. The Labute approximate surface area is 199 Å². The molecule has 0 saturated carbocycles. The number of anilines is 2. The molecule has 0 spiro atoms. The van der Waals surface area contributed by atoms with Gasteiger partial charge in [-0.1, -0.05) is 61.8 Å². The first-order valence-corrected chi connectivity index (χ1v) is 11.6. The number of Topliss-reactive ketones (excluding diaryl/α,β-unsaturated/α-hetero) is 1. The number of hydrogen-bond donors (Lipinski definition) is 2. The lowest BCUT2D eigenvalue weighted by atomic mass is 9.73. The first kappa shape index (κ1) is 21.6. The number of fused-ring (bicyclic) bond motifs is 1. The van der Waals surface area contributed by atoms with E-state index in [0.29, 0.717) is 18.1 Å². The van der Waals surface area contributed by atoms with E-state index in [-0.39, 0.29) is 17.2 Å². The van der Waals surface area contributed by atoms with Crippen molar-refractivity contribution in [3.05, 3.63) is 100 Å². The van der Waals surface area contributed by atoms with Crippen LogP contribution in [0.1, 0.15) is 43.9 Å². The van der Waals surface area contributed by atoms with E-state index < -0.39 is 0 Å². The predicted octanol–water partition coefficient (Wildman–Crippen LogP) is 7.14. The number of carbonyl (C=O) groups excluding carboxylic acids is 1. The summed E-state index contributed by atoms with van der Waals surface area (Å²) in [7, 11) is 0. The maximum atomic E-state index is 13.3. The maximum absolute atomic E-state index is 13.3. The van der Waals surface area contributed by atoms with Crippen molar-refractivity contribution in [3.63, 3.8) is 0 Å². The summed E-state index contributed by atoms with van der Waals surface area (Å²) in [4.78, 5) is 13.3. The Morgan fingerprint density at radius 2 is 1.73 bits per heavy atom. The van der Waals surface area contributed by atoms with Crippen LogP contribution in [0.2, 0.25) is 5.02 Å². The number of ether oxygens (including phenoxy) is 1. The second-order valence-electron chi connectivity index (χ2n) is 9.57. The number of nitrogens with one attached hydrogen (secondary N) is 2. The Kier molecular flexibility index (Phi) is 5.63. The van der Waals surface area contributed by atoms with Crippen molar-refractivity contribution in [3.8, 4) is 5.75 Å². The number of hydrogen-bond acceptors (Lipinski definition) is 4. The molecule has 1 atom stereocenters. The molecular formula is C28H27ClN2O2. The van der Waals surface area contributed by atoms with Gasteiger partial charge >= 0.3 is 0 Å². The Morgan fingerprint density at radius 1 is 0.970 bits per heavy atom. The van der Waals surface area contributed by atoms with Crippen molar-refractivity contribution in [1.82, 2.24) is 0 Å². The SMILES string of the molecule is CC1(C)CC(=O)C2=C(C1)Nc1ccccc1N[C@@H]2c1ccc(OCc2cccc(Cl)c2)cc1. The number of ketones is 1. The summed E-state index contributed by atoms with van der Waals surface area (Å²) in [6.45, 7) is 4.75. The molecule has 3 aromatic carbocycles. The van der Waals surface area contributed by atoms with Crippen LogP contribution in [0.15, 0.2) is 84.1 Å². The highest BCUT2D eigenvalue weighted by Gasteiger charge is 2.38. The fourth-order valence-electron chi connectivity index (χ4n) is 4.69. The van der Waals surface area contributed by atoms with Crippen LogP contribution in [-0.2, 0) is 11.4 Å². The molecule has 0 saturated heterocycles. The van der Waals surface area contributed by atoms with E-state index >= 15 is 0 Å². The molecule has 3 aromatic rings. The summed E-state index contributed by atoms with van der Waals surface area (Å²) in [5, 5.41) is 7.88. The van der Waals surface area contributed by atoms with Crippen LogP contribution in [0.4, 0.5) is 11.4 Å². The molecule has 5 heteroatoms. The van der Waals surface area contributed by atoms with Gasteiger partial charge in [-0.3, -0.25) is 4.79 Å². The smallest absolute Gasteiger partial charge is 0.163 e. The summed E-state index contributed by atoms with van der Waals surface area (Å²) < 4.78 is 5.96. The van der Waals surface area contributed by atoms with Crippen molar-refractivity contribution < 1.29 is 9.53 Å². The van der Waals surface area contributed by atoms with Crippen LogP contribution in [0.25, 0.3) is 0 Å². The number of para-hydroxylation sites is 2. The summed E-state index contributed by atoms with van der Waals surface area (Å²) in [5.74, 6) is 0.969. The number of carbonyl (C=O) groups is 1. The predicted molar refractivity (Wildman–Crippen MR) is 134 cm³/mol. The van der Waals surface area contributed by atoms with Crippen molar-refractivity contribution in [2.75, 3.05) is 10.6 Å². The lowest BCUT2D eigenvalue weighted by molar-refractivity contribution is -0.118. The quantitative estimate of drug-likeness (QED) is 0.436. The van der Waals surface area contributed by atoms with Gasteiger partial charge in [-0.25, -0.2) is 0 Å². The summed E-state index contributed by atoms with van der Waals surface area (Å²) in [5.41, 5.74) is 5.82. The topological polar surface area (TPSA) is 50.4 Å². The van der Waals surface area contributed by atoms with Gasteiger partial charge in [0.1, 0.15) is 12.4 Å². The van der Waals surface area contributed by atoms with Gasteiger partial charge in [-0.15, -0.1) is 0 Å². The minimum atomic E-state index is -0.221. The monoisotopic (exact) mass is 458 g/mol. The Morgan fingerprint density at radius 3 is 2.48 bits per heavy atom. The first-order valence-electron chi connectivity index (χ1n) is 11.2. The Balaban J connectivity index is 1.44. The molecule has 5 rings (SSSR count). The standard InChI is InChI=1S/C28H27ClN2O2/c1-28(2)15-24-26(25(32)16-28)27(31-23-9-4-3-8-22(23)30-24)19-10-12-21(13-11-19)33-17-18-6-5-7-20(29)14-18/h3-14,27,30-31H,15-17H2,1-2H3/t27-/m1/s1. The van der Waals surface area contributed by atoms with Crippen LogP contribution in [0, 0.1) is 5.41 Å². The molecule has 0 fully saturated rings. The normalized spacial score (nSPS) is 19.0. The Bertz CT molecular complexity index is 1230. The van der Waals surface area contributed by atoms with Gasteiger partial charge in [0.2, 0.25) is 0 Å². The molecule has 0 amide bonds. The van der Waals surface area contributed by atoms with Crippen LogP contribution >= 0.6 is 11.6 Å². The van der Waals surface area contributed by atoms with Crippen LogP contribution in [0.3, 0.4) is 0 Å². The Hall–Kier alpha value is -3.24. The van der Waals surface area contributed by atoms with E-state index in [4.69, 9.17) is 16.3 Å². The number of benzene rings is 3. The molecule has 168 valence electrons. The van der Waals surface area contributed by atoms with Crippen LogP contribution < -0.4 is 15.4 Å². The highest BCUT2D eigenvalue weighted by molar-refractivity contribution is 6.30. The molecule has 2 aliphatic rings. The van der Waals surface area contributed by atoms with Gasteiger partial charge in [0.25, 0.3) is 0 Å². The molecule has 2 N–H and O–H groups in total. The van der Waals surface area contributed by atoms with Crippen LogP contribution in [0.5, 0.6) is 5.75 Å². The van der Waals surface area contributed by atoms with Gasteiger partial charge < -0.3 is 15.4 Å². The van der Waals surface area contributed by atoms with E-state index in [2.05, 4.69) is 24.5 Å². The van der Waals surface area contributed by atoms with Crippen molar-refractivity contribution in [1.29, 1.82) is 0 Å². The number of allylic oxidation sites excluding steroid dienone is 1. The molecular weight excluding hydrogens is 432 g/mol. The molecule has 0 aromatic heterocycles. The van der Waals surface area contributed by atoms with Gasteiger partial charge in [-0.05, 0) is 59.4 Å². The second-order valence-corrected chi connectivity index (χ2v) is 10.0. The molecule has 1 aliphatic heterocycles. The fraction of sp³-hybridized carbons (Fsp3) is 0.250. The summed E-state index contributed by atoms with van der Waals surface area (Å²) in [6.07, 6.45) is 1.38. The average molecular weight is 459 g/mol. The zero-order chi connectivity index (χ0) is 23.0. The summed E-state index contributed by atoms with van der Waals surface area (Å²) >= 11 is 6.07. The van der Waals surface area contributed by atoms with Crippen LogP contribution in [-0.4, -0.2) is 5.78 Å². The van der Waals surface area contributed by atoms with Gasteiger partial charge in [0.05, 0.1) is 17.4 Å². The molecule has 33 heavy (non-hydrogen) atoms. The third-order valence-electron chi connectivity index (χ3n) is 6.23. The van der Waals surface area contributed by atoms with E-state index in [1.165, 1.54) is 0 Å². The first-order chi connectivity index (χ1) is 15.9. The highest BCUT2D eigenvalue weighted by atomic mass is 35.5. The minimum Gasteiger partial charge on any atom is -0.489 e. The van der Waals surface area contributed by atoms with Gasteiger partial charge in [0, 0.05) is 22.7 Å². The zero-order valence-corrected chi connectivity index (χ0v) is 19.6. The molecule has 0 radical (unpaired) electrons. The van der Waals surface area contributed by atoms with Crippen molar-refractivity contribution in [2.24, 2.45) is 5.41 Å². The molecule has 4 nitrogen and oxygen atoms in total. The number of halogens is 1. The number of rotatable bonds is 4. The van der Waals surface area contributed by atoms with Crippen molar-refractivity contribution >= 4 is 28.8 Å². The molecule has 0 unspecified atom stereocenters. The fourth-order valence-corrected chi connectivity index (χ4v) is 4.90. The maximum Gasteiger partial charge on any atom is 0.163 e. The largest absolute Gasteiger partial charge is 0.489 e. The third-order valence-corrected chi connectivity index (χ3v) is 6.46. The molecule has 1 aliphatic carbocycles. The highest BCUT2D eigenvalue weighted by Crippen LogP contribution is 2.45. The van der Waals surface area contributed by atoms with E-state index in [9.17, 15) is 4.79 Å². The lowest BCUT2D eigenvalue weighted by Crippen LogP contribution is -2.31. The second kappa shape index (κ2) is 8.60. The summed E-state index contributed by atoms with van der Waals surface area (Å²) in [6, 6.07) is 23.6. The molecule has 1 heterocycles. The van der Waals surface area contributed by atoms with Gasteiger partial charge in [0.15, 0.2) is 5.78 Å². The zero-order valence-electron chi connectivity index (χ0n) is 18.8. The third kappa shape index (κ3) is 4.62. The van der Waals surface area contributed by atoms with E-state index in [1.807, 2.05) is 72.8 Å². The minimum absolute atomic E-state index is 0.0647. The lowest BCUT2D eigenvalue weighted by Gasteiger charge is -2.34. The van der Waals surface area contributed by atoms with Crippen molar-refractivity contribution in [2.45, 2.75) is 39.3 Å². The van der Waals surface area contributed by atoms with E-state index in [0.717, 1.165) is 45.9 Å². The van der Waals surface area contributed by atoms with E-state index in [1.54, 1.807) is 0 Å². The average Bonchev–Trinajstić information content (AvgIpc) is 2.94. The van der Waals surface area contributed by atoms with Gasteiger partial charge in [-0.2, -0.15) is 0 Å².